The summed E-state index contributed by atoms with van der Waals surface area (Å²) in [5, 5.41) is 11.6. The van der Waals surface area contributed by atoms with Crippen LogP contribution in [0.2, 0.25) is 0 Å². The summed E-state index contributed by atoms with van der Waals surface area (Å²) in [6, 6.07) is 3.56. The highest BCUT2D eigenvalue weighted by Crippen LogP contribution is 2.16. The van der Waals surface area contributed by atoms with Crippen LogP contribution in [0.5, 0.6) is 0 Å². The molecule has 0 aliphatic heterocycles. The lowest BCUT2D eigenvalue weighted by atomic mass is 10.1. The molecular weight excluding hydrogens is 187 g/mol. The van der Waals surface area contributed by atoms with Crippen molar-refractivity contribution in [3.63, 3.8) is 0 Å². The van der Waals surface area contributed by atoms with Crippen molar-refractivity contribution in [2.24, 2.45) is 5.73 Å². The van der Waals surface area contributed by atoms with Gasteiger partial charge >= 0.3 is 5.97 Å². The molecule has 0 spiro atoms. The van der Waals surface area contributed by atoms with Gasteiger partial charge in [0, 0.05) is 18.8 Å². The largest absolute Gasteiger partial charge is 0.478 e. The minimum absolute atomic E-state index is 0.0848. The maximum atomic E-state index is 12.7. The molecule has 0 saturated heterocycles. The molecule has 4 nitrogen and oxygen atoms in total. The van der Waals surface area contributed by atoms with E-state index in [2.05, 4.69) is 5.32 Å². The molecule has 0 heterocycles. The summed E-state index contributed by atoms with van der Waals surface area (Å²) in [4.78, 5) is 10.7. The molecule has 0 aliphatic carbocycles. The number of nitrogens with one attached hydrogen (secondary N) is 1. The first-order valence-corrected chi connectivity index (χ1v) is 4.12. The molecule has 4 N–H and O–H groups in total. The fourth-order valence-electron chi connectivity index (χ4n) is 1.05. The average molecular weight is 198 g/mol. The topological polar surface area (TPSA) is 75.3 Å². The summed E-state index contributed by atoms with van der Waals surface area (Å²) >= 11 is 0. The van der Waals surface area contributed by atoms with Gasteiger partial charge in [-0.25, -0.2) is 9.18 Å². The predicted octanol–water partition coefficient (Wildman–Crippen LogP) is 0.894. The summed E-state index contributed by atoms with van der Waals surface area (Å²) < 4.78 is 12.7. The van der Waals surface area contributed by atoms with E-state index in [1.165, 1.54) is 12.1 Å². The second-order valence-electron chi connectivity index (χ2n) is 2.71. The van der Waals surface area contributed by atoms with Crippen molar-refractivity contribution < 1.29 is 14.3 Å². The molecule has 0 unspecified atom stereocenters. The number of aromatic carboxylic acids is 1. The summed E-state index contributed by atoms with van der Waals surface area (Å²) in [6.07, 6.45) is 0. The van der Waals surface area contributed by atoms with Gasteiger partial charge in [-0.05, 0) is 18.2 Å². The highest BCUT2D eigenvalue weighted by molar-refractivity contribution is 5.94. The van der Waals surface area contributed by atoms with E-state index in [4.69, 9.17) is 10.8 Å². The minimum atomic E-state index is -1.16. The van der Waals surface area contributed by atoms with Gasteiger partial charge in [0.2, 0.25) is 0 Å². The predicted molar refractivity (Wildman–Crippen MR) is 50.9 cm³/mol. The van der Waals surface area contributed by atoms with E-state index in [1.807, 2.05) is 0 Å². The first-order valence-electron chi connectivity index (χ1n) is 4.12. The van der Waals surface area contributed by atoms with Gasteiger partial charge < -0.3 is 16.2 Å². The molecule has 14 heavy (non-hydrogen) atoms. The number of rotatable bonds is 4. The van der Waals surface area contributed by atoms with Gasteiger partial charge in [-0.3, -0.25) is 0 Å². The lowest BCUT2D eigenvalue weighted by Crippen LogP contribution is -2.15. The van der Waals surface area contributed by atoms with Gasteiger partial charge in [-0.1, -0.05) is 0 Å². The Morgan fingerprint density at radius 1 is 1.57 bits per heavy atom. The van der Waals surface area contributed by atoms with E-state index < -0.39 is 11.8 Å². The van der Waals surface area contributed by atoms with Crippen LogP contribution >= 0.6 is 0 Å². The Hall–Kier alpha value is -1.62. The summed E-state index contributed by atoms with van der Waals surface area (Å²) in [6.45, 7) is 0.836. The van der Waals surface area contributed by atoms with E-state index in [9.17, 15) is 9.18 Å². The molecule has 0 amide bonds. The third kappa shape index (κ3) is 2.43. The number of hydrogen-bond donors (Lipinski definition) is 3. The molecule has 1 aromatic rings. The van der Waals surface area contributed by atoms with Crippen LogP contribution in [0.15, 0.2) is 18.2 Å². The third-order valence-corrected chi connectivity index (χ3v) is 1.67. The Morgan fingerprint density at radius 2 is 2.29 bits per heavy atom. The van der Waals surface area contributed by atoms with E-state index in [0.717, 1.165) is 6.07 Å². The first-order chi connectivity index (χ1) is 6.65. The Labute approximate surface area is 80.5 Å². The molecule has 1 aromatic carbocycles. The molecule has 1 rings (SSSR count). The number of carboxylic acids is 1. The van der Waals surface area contributed by atoms with Crippen molar-refractivity contribution in [3.05, 3.63) is 29.6 Å². The van der Waals surface area contributed by atoms with Crippen molar-refractivity contribution >= 4 is 11.7 Å². The number of anilines is 1. The number of carbonyl (C=O) groups is 1. The summed E-state index contributed by atoms with van der Waals surface area (Å²) in [7, 11) is 0. The van der Waals surface area contributed by atoms with Crippen LogP contribution < -0.4 is 11.1 Å². The standard InChI is InChI=1S/C9H11FN2O2/c10-6-1-2-8(12-4-3-11)7(5-6)9(13)14/h1-2,5,12H,3-4,11H2,(H,13,14). The van der Waals surface area contributed by atoms with Crippen molar-refractivity contribution in [2.45, 2.75) is 0 Å². The number of hydrogen-bond acceptors (Lipinski definition) is 3. The normalized spacial score (nSPS) is 9.86. The highest BCUT2D eigenvalue weighted by Gasteiger charge is 2.10. The zero-order valence-corrected chi connectivity index (χ0v) is 7.46. The quantitative estimate of drug-likeness (QED) is 0.671. The SMILES string of the molecule is NCCNc1ccc(F)cc1C(=O)O. The van der Waals surface area contributed by atoms with Gasteiger partial charge in [-0.2, -0.15) is 0 Å². The molecule has 0 aliphatic rings. The van der Waals surface area contributed by atoms with E-state index >= 15 is 0 Å². The fourth-order valence-corrected chi connectivity index (χ4v) is 1.05. The average Bonchev–Trinajstić information content (AvgIpc) is 2.15. The molecule has 76 valence electrons. The maximum Gasteiger partial charge on any atom is 0.337 e. The van der Waals surface area contributed by atoms with Crippen molar-refractivity contribution in [3.8, 4) is 0 Å². The fraction of sp³-hybridized carbons (Fsp3) is 0.222. The smallest absolute Gasteiger partial charge is 0.337 e. The van der Waals surface area contributed by atoms with Crippen LogP contribution in [-0.4, -0.2) is 24.2 Å². The highest BCUT2D eigenvalue weighted by atomic mass is 19.1. The van der Waals surface area contributed by atoms with Crippen LogP contribution in [0.3, 0.4) is 0 Å². The monoisotopic (exact) mass is 198 g/mol. The van der Waals surface area contributed by atoms with Crippen LogP contribution in [0, 0.1) is 5.82 Å². The molecule has 0 aromatic heterocycles. The number of halogens is 1. The van der Waals surface area contributed by atoms with Crippen molar-refractivity contribution in [1.29, 1.82) is 0 Å². The van der Waals surface area contributed by atoms with Crippen LogP contribution in [-0.2, 0) is 0 Å². The Balaban J connectivity index is 2.96. The molecule has 0 bridgehead atoms. The molecule has 0 atom stereocenters. The Kier molecular flexibility index (Phi) is 3.41. The lowest BCUT2D eigenvalue weighted by Gasteiger charge is -2.07. The van der Waals surface area contributed by atoms with Crippen molar-refractivity contribution in [1.82, 2.24) is 0 Å². The maximum absolute atomic E-state index is 12.7. The molecular formula is C9H11FN2O2. The number of carboxylic acid groups (broad SMARTS) is 1. The van der Waals surface area contributed by atoms with Gasteiger partial charge in [0.1, 0.15) is 5.82 Å². The second-order valence-corrected chi connectivity index (χ2v) is 2.71. The Morgan fingerprint density at radius 3 is 2.86 bits per heavy atom. The van der Waals surface area contributed by atoms with Gasteiger partial charge in [0.25, 0.3) is 0 Å². The molecule has 0 fully saturated rings. The number of benzene rings is 1. The summed E-state index contributed by atoms with van der Waals surface area (Å²) in [5.41, 5.74) is 5.54. The third-order valence-electron chi connectivity index (χ3n) is 1.67. The molecule has 0 saturated carbocycles. The van der Waals surface area contributed by atoms with Gasteiger partial charge in [0.05, 0.1) is 5.56 Å². The van der Waals surface area contributed by atoms with Gasteiger partial charge in [0.15, 0.2) is 0 Å². The van der Waals surface area contributed by atoms with E-state index in [-0.39, 0.29) is 5.56 Å². The van der Waals surface area contributed by atoms with Crippen molar-refractivity contribution in [2.75, 3.05) is 18.4 Å². The first kappa shape index (κ1) is 10.5. The van der Waals surface area contributed by atoms with Crippen LogP contribution in [0.25, 0.3) is 0 Å². The van der Waals surface area contributed by atoms with E-state index in [0.29, 0.717) is 18.8 Å². The molecule has 0 radical (unpaired) electrons. The number of nitrogens with two attached hydrogens (primary N) is 1. The molecule has 5 heteroatoms. The van der Waals surface area contributed by atoms with E-state index in [1.54, 1.807) is 0 Å². The zero-order chi connectivity index (χ0) is 10.6. The van der Waals surface area contributed by atoms with Crippen LogP contribution in [0.1, 0.15) is 10.4 Å². The lowest BCUT2D eigenvalue weighted by molar-refractivity contribution is 0.0697. The van der Waals surface area contributed by atoms with Gasteiger partial charge in [-0.15, -0.1) is 0 Å². The zero-order valence-electron chi connectivity index (χ0n) is 7.46. The second kappa shape index (κ2) is 4.57. The summed E-state index contributed by atoms with van der Waals surface area (Å²) in [5.74, 6) is -1.73. The Bertz CT molecular complexity index is 342. The van der Waals surface area contributed by atoms with Crippen LogP contribution in [0.4, 0.5) is 10.1 Å². The minimum Gasteiger partial charge on any atom is -0.478 e.